The zero-order chi connectivity index (χ0) is 21.1. The molecular weight excluding hydrogens is 419 g/mol. The molecule has 1 saturated heterocycles. The molecule has 1 fully saturated rings. The second-order valence-corrected chi connectivity index (χ2v) is 8.24. The molecular formula is C19H22F3N5O2S. The largest absolute Gasteiger partial charge is 0.451 e. The third-order valence-electron chi connectivity index (χ3n) is 5.48. The molecule has 0 radical (unpaired) electrons. The Kier molecular flexibility index (Phi) is 6.30. The molecule has 0 unspecified atom stereocenters. The van der Waals surface area contributed by atoms with Crippen LogP contribution in [-0.4, -0.2) is 58.6 Å². The van der Waals surface area contributed by atoms with E-state index >= 15 is 0 Å². The van der Waals surface area contributed by atoms with Gasteiger partial charge in [0.25, 0.3) is 0 Å². The first kappa shape index (κ1) is 21.1. The fraction of sp³-hybridized carbons (Fsp3) is 0.579. The number of nitrogens with one attached hydrogen (secondary N) is 1. The van der Waals surface area contributed by atoms with Gasteiger partial charge in [0.05, 0.1) is 36.4 Å². The number of aryl methyl sites for hydroxylation is 1. The number of amides is 1. The predicted molar refractivity (Wildman–Crippen MR) is 103 cm³/mol. The Hall–Kier alpha value is -2.11. The number of carbonyl (C=O) groups excluding carboxylic acids is 1. The van der Waals surface area contributed by atoms with Crippen LogP contribution in [0.4, 0.5) is 13.2 Å². The van der Waals surface area contributed by atoms with Gasteiger partial charge in [-0.25, -0.2) is 15.0 Å². The van der Waals surface area contributed by atoms with Gasteiger partial charge in [-0.1, -0.05) is 0 Å². The molecule has 1 aliphatic heterocycles. The molecule has 0 bridgehead atoms. The topological polar surface area (TPSA) is 80.2 Å². The fourth-order valence-corrected chi connectivity index (χ4v) is 4.90. The van der Waals surface area contributed by atoms with Gasteiger partial charge in [0.15, 0.2) is 0 Å². The number of aromatic nitrogens is 3. The Morgan fingerprint density at radius 2 is 2.00 bits per heavy atom. The number of carbonyl (C=O) groups is 1. The smallest absolute Gasteiger partial charge is 0.379 e. The van der Waals surface area contributed by atoms with Crippen LogP contribution in [0, 0.1) is 0 Å². The average molecular weight is 441 g/mol. The van der Waals surface area contributed by atoms with Gasteiger partial charge < -0.3 is 10.1 Å². The second-order valence-electron chi connectivity index (χ2n) is 7.36. The van der Waals surface area contributed by atoms with Crippen molar-refractivity contribution in [3.63, 3.8) is 0 Å². The number of rotatable bonds is 5. The number of hydrogen-bond acceptors (Lipinski definition) is 7. The van der Waals surface area contributed by atoms with Gasteiger partial charge >= 0.3 is 6.18 Å². The van der Waals surface area contributed by atoms with Gasteiger partial charge in [-0.3, -0.25) is 9.69 Å². The number of halogens is 3. The normalized spacial score (nSPS) is 21.1. The summed E-state index contributed by atoms with van der Waals surface area (Å²) in [6.45, 7) is 2.55. The molecule has 7 nitrogen and oxygen atoms in total. The molecule has 2 atom stereocenters. The first-order valence-electron chi connectivity index (χ1n) is 9.84. The van der Waals surface area contributed by atoms with Crippen molar-refractivity contribution < 1.29 is 22.7 Å². The highest BCUT2D eigenvalue weighted by molar-refractivity contribution is 7.10. The number of ether oxygens (including phenoxy) is 1. The van der Waals surface area contributed by atoms with Crippen molar-refractivity contribution in [2.45, 2.75) is 37.4 Å². The minimum absolute atomic E-state index is 0.0775. The van der Waals surface area contributed by atoms with Gasteiger partial charge in [0.1, 0.15) is 0 Å². The molecule has 2 aromatic heterocycles. The standard InChI is InChI=1S/C19H22F3N5O2S/c20-19(21,22)18-24-8-12(9-25-18)15(27-4-6-29-7-5-27)10-23-17(28)13-2-1-3-14-16(13)30-11-26-14/h8-9,11,13,15H,1-7,10H2,(H,23,28)/t13-,15+/m0/s1. The quantitative estimate of drug-likeness (QED) is 0.768. The molecule has 1 N–H and O–H groups in total. The first-order valence-corrected chi connectivity index (χ1v) is 10.7. The number of thiazole rings is 1. The zero-order valence-corrected chi connectivity index (χ0v) is 17.0. The SMILES string of the molecule is O=C(NC[C@H](c1cnc(C(F)(F)F)nc1)N1CCOCC1)[C@H]1CCCc2ncsc21. The molecule has 0 saturated carbocycles. The monoisotopic (exact) mass is 441 g/mol. The van der Waals surface area contributed by atoms with Crippen molar-refractivity contribution in [1.29, 1.82) is 0 Å². The Balaban J connectivity index is 1.49. The first-order chi connectivity index (χ1) is 14.4. The zero-order valence-electron chi connectivity index (χ0n) is 16.2. The van der Waals surface area contributed by atoms with E-state index in [-0.39, 0.29) is 24.4 Å². The molecule has 4 rings (SSSR count). The van der Waals surface area contributed by atoms with Gasteiger partial charge in [-0.2, -0.15) is 13.2 Å². The van der Waals surface area contributed by atoms with E-state index in [2.05, 4.69) is 25.2 Å². The maximum Gasteiger partial charge on any atom is 0.451 e. The predicted octanol–water partition coefficient (Wildman–Crippen LogP) is 2.56. The average Bonchev–Trinajstić information content (AvgIpc) is 3.23. The van der Waals surface area contributed by atoms with Crippen LogP contribution < -0.4 is 5.32 Å². The summed E-state index contributed by atoms with van der Waals surface area (Å²) in [4.78, 5) is 27.3. The third-order valence-corrected chi connectivity index (χ3v) is 6.46. The van der Waals surface area contributed by atoms with E-state index in [1.807, 2.05) is 0 Å². The van der Waals surface area contributed by atoms with Crippen LogP contribution in [0.5, 0.6) is 0 Å². The van der Waals surface area contributed by atoms with E-state index in [0.29, 0.717) is 31.9 Å². The maximum absolute atomic E-state index is 12.9. The summed E-state index contributed by atoms with van der Waals surface area (Å²) < 4.78 is 43.8. The van der Waals surface area contributed by atoms with Crippen molar-refractivity contribution in [1.82, 2.24) is 25.2 Å². The van der Waals surface area contributed by atoms with Gasteiger partial charge in [0, 0.05) is 42.5 Å². The third kappa shape index (κ3) is 4.62. The Morgan fingerprint density at radius 3 is 2.70 bits per heavy atom. The molecule has 2 aliphatic rings. The molecule has 1 aliphatic carbocycles. The van der Waals surface area contributed by atoms with E-state index < -0.39 is 12.0 Å². The summed E-state index contributed by atoms with van der Waals surface area (Å²) in [7, 11) is 0. The highest BCUT2D eigenvalue weighted by Gasteiger charge is 2.35. The van der Waals surface area contributed by atoms with Crippen molar-refractivity contribution >= 4 is 17.2 Å². The Bertz CT molecular complexity index is 868. The lowest BCUT2D eigenvalue weighted by Crippen LogP contribution is -2.44. The van der Waals surface area contributed by atoms with E-state index in [4.69, 9.17) is 4.74 Å². The van der Waals surface area contributed by atoms with Crippen molar-refractivity contribution in [2.75, 3.05) is 32.8 Å². The number of nitrogens with zero attached hydrogens (tertiary/aromatic N) is 4. The summed E-state index contributed by atoms with van der Waals surface area (Å²) in [6, 6.07) is -0.329. The minimum atomic E-state index is -4.59. The lowest BCUT2D eigenvalue weighted by atomic mass is 9.91. The van der Waals surface area contributed by atoms with Crippen molar-refractivity contribution in [3.05, 3.63) is 39.9 Å². The Morgan fingerprint density at radius 1 is 1.27 bits per heavy atom. The second kappa shape index (κ2) is 8.94. The summed E-state index contributed by atoms with van der Waals surface area (Å²) >= 11 is 1.50. The number of morpholine rings is 1. The summed E-state index contributed by atoms with van der Waals surface area (Å²) in [5.41, 5.74) is 3.30. The van der Waals surface area contributed by atoms with E-state index in [0.717, 1.165) is 29.8 Å². The molecule has 0 spiro atoms. The van der Waals surface area contributed by atoms with E-state index in [1.54, 1.807) is 5.51 Å². The van der Waals surface area contributed by atoms with Crippen LogP contribution in [0.25, 0.3) is 0 Å². The molecule has 162 valence electrons. The van der Waals surface area contributed by atoms with Gasteiger partial charge in [-0.05, 0) is 19.3 Å². The van der Waals surface area contributed by atoms with Crippen LogP contribution in [0.1, 0.15) is 46.8 Å². The van der Waals surface area contributed by atoms with Crippen LogP contribution in [0.2, 0.25) is 0 Å². The van der Waals surface area contributed by atoms with Crippen molar-refractivity contribution in [3.8, 4) is 0 Å². The van der Waals surface area contributed by atoms with Crippen molar-refractivity contribution in [2.24, 2.45) is 0 Å². The van der Waals surface area contributed by atoms with E-state index in [9.17, 15) is 18.0 Å². The van der Waals surface area contributed by atoms with Gasteiger partial charge in [0.2, 0.25) is 11.7 Å². The summed E-state index contributed by atoms with van der Waals surface area (Å²) in [5, 5.41) is 3.00. The summed E-state index contributed by atoms with van der Waals surface area (Å²) in [6.07, 6.45) is 0.381. The fourth-order valence-electron chi connectivity index (χ4n) is 3.93. The number of alkyl halides is 3. The highest BCUT2D eigenvalue weighted by atomic mass is 32.1. The molecule has 3 heterocycles. The minimum Gasteiger partial charge on any atom is -0.379 e. The molecule has 11 heteroatoms. The molecule has 1 amide bonds. The molecule has 0 aromatic carbocycles. The maximum atomic E-state index is 12.9. The van der Waals surface area contributed by atoms with Crippen LogP contribution in [0.3, 0.4) is 0 Å². The Labute approximate surface area is 175 Å². The van der Waals surface area contributed by atoms with Crippen LogP contribution in [-0.2, 0) is 22.1 Å². The number of hydrogen-bond donors (Lipinski definition) is 1. The summed E-state index contributed by atoms with van der Waals surface area (Å²) in [5.74, 6) is -1.47. The number of fused-ring (bicyclic) bond motifs is 1. The lowest BCUT2D eigenvalue weighted by molar-refractivity contribution is -0.145. The molecule has 2 aromatic rings. The van der Waals surface area contributed by atoms with E-state index in [1.165, 1.54) is 23.7 Å². The lowest BCUT2D eigenvalue weighted by Gasteiger charge is -2.35. The molecule has 30 heavy (non-hydrogen) atoms. The highest BCUT2D eigenvalue weighted by Crippen LogP contribution is 2.34. The van der Waals surface area contributed by atoms with Crippen LogP contribution in [0.15, 0.2) is 17.9 Å². The van der Waals surface area contributed by atoms with Crippen LogP contribution >= 0.6 is 11.3 Å². The van der Waals surface area contributed by atoms with Gasteiger partial charge in [-0.15, -0.1) is 11.3 Å².